The number of aryl methyl sites for hydroxylation is 1. The van der Waals surface area contributed by atoms with Crippen molar-refractivity contribution < 1.29 is 9.50 Å². The third-order valence-corrected chi connectivity index (χ3v) is 6.40. The minimum absolute atomic E-state index is 0.116. The Morgan fingerprint density at radius 1 is 1.19 bits per heavy atom. The molecule has 0 amide bonds. The number of hydrogen-bond acceptors (Lipinski definition) is 5. The molecule has 0 radical (unpaired) electrons. The molecule has 4 rings (SSSR count). The van der Waals surface area contributed by atoms with Crippen molar-refractivity contribution in [3.05, 3.63) is 76.8 Å². The zero-order valence-corrected chi connectivity index (χ0v) is 19.1. The molecule has 1 fully saturated rings. The number of aliphatic hydroxyl groups excluding tert-OH is 1. The summed E-state index contributed by atoms with van der Waals surface area (Å²) in [6.07, 6.45) is 4.15. The minimum Gasteiger partial charge on any atom is -0.374 e. The fourth-order valence-electron chi connectivity index (χ4n) is 4.44. The molecule has 0 saturated carbocycles. The lowest BCUT2D eigenvalue weighted by molar-refractivity contribution is -0.0550. The molecule has 1 aliphatic rings. The smallest absolute Gasteiger partial charge is 0.141 e. The van der Waals surface area contributed by atoms with Crippen LogP contribution in [0.3, 0.4) is 0 Å². The van der Waals surface area contributed by atoms with Gasteiger partial charge in [0.25, 0.3) is 0 Å². The number of nitrogens with one attached hydrogen (secondary N) is 1. The highest BCUT2D eigenvalue weighted by molar-refractivity contribution is 6.30. The summed E-state index contributed by atoms with van der Waals surface area (Å²) in [7, 11) is 0. The minimum atomic E-state index is -0.801. The third kappa shape index (κ3) is 5.09. The van der Waals surface area contributed by atoms with Gasteiger partial charge in [-0.1, -0.05) is 42.3 Å². The Balaban J connectivity index is 1.61. The molecule has 168 valence electrons. The second-order valence-corrected chi connectivity index (χ2v) is 8.93. The number of benzene rings is 1. The molecule has 0 spiro atoms. The van der Waals surface area contributed by atoms with Gasteiger partial charge in [0.15, 0.2) is 0 Å². The highest BCUT2D eigenvalue weighted by Gasteiger charge is 2.34. The van der Waals surface area contributed by atoms with Crippen LogP contribution in [-0.2, 0) is 0 Å². The van der Waals surface area contributed by atoms with Crippen molar-refractivity contribution in [1.82, 2.24) is 14.9 Å². The lowest BCUT2D eigenvalue weighted by atomic mass is 9.89. The van der Waals surface area contributed by atoms with Crippen molar-refractivity contribution >= 4 is 17.4 Å². The van der Waals surface area contributed by atoms with Crippen molar-refractivity contribution in [3.8, 4) is 11.3 Å². The second-order valence-electron chi connectivity index (χ2n) is 8.49. The first-order valence-corrected chi connectivity index (χ1v) is 11.3. The summed E-state index contributed by atoms with van der Waals surface area (Å²) >= 11 is 5.95. The molecule has 3 aromatic rings. The number of halogens is 2. The Labute approximate surface area is 193 Å². The molecule has 3 atom stereocenters. The monoisotopic (exact) mass is 454 g/mol. The van der Waals surface area contributed by atoms with E-state index < -0.39 is 6.23 Å². The summed E-state index contributed by atoms with van der Waals surface area (Å²) in [5, 5.41) is 15.5. The van der Waals surface area contributed by atoms with Gasteiger partial charge in [0.1, 0.15) is 17.9 Å². The number of rotatable bonds is 6. The van der Waals surface area contributed by atoms with E-state index in [1.54, 1.807) is 12.3 Å². The maximum absolute atomic E-state index is 13.4. The van der Waals surface area contributed by atoms with Crippen LogP contribution in [0.15, 0.2) is 54.9 Å². The molecule has 1 aliphatic heterocycles. The Kier molecular flexibility index (Phi) is 7.04. The van der Waals surface area contributed by atoms with Crippen molar-refractivity contribution in [2.75, 3.05) is 18.4 Å². The van der Waals surface area contributed by atoms with E-state index in [0.29, 0.717) is 23.2 Å². The summed E-state index contributed by atoms with van der Waals surface area (Å²) in [4.78, 5) is 10.7. The van der Waals surface area contributed by atoms with E-state index in [9.17, 15) is 9.50 Å². The number of aliphatic hydroxyl groups is 1. The normalized spacial score (nSPS) is 20.2. The molecule has 1 saturated heterocycles. The molecule has 1 unspecified atom stereocenters. The standard InChI is InChI=1S/C25H28ClFN4O/c1-16-5-8-20(22-9-7-19(27)14-28-22)21(12-16)25(32)31-11-3-4-17(2)23(31)15-30-24-10-6-18(26)13-29-24/h5-10,12-14,17,23,25,32H,3-4,11,15H2,1-2H3,(H,29,30)/t17-,23-,25?/m1/s1. The van der Waals surface area contributed by atoms with Gasteiger partial charge in [-0.05, 0) is 49.9 Å². The Bertz CT molecular complexity index is 1040. The van der Waals surface area contributed by atoms with E-state index in [-0.39, 0.29) is 11.9 Å². The van der Waals surface area contributed by atoms with E-state index in [4.69, 9.17) is 11.6 Å². The predicted octanol–water partition coefficient (Wildman–Crippen LogP) is 5.45. The lowest BCUT2D eigenvalue weighted by Gasteiger charge is -2.43. The Hall–Kier alpha value is -2.54. The van der Waals surface area contributed by atoms with Crippen LogP contribution < -0.4 is 5.32 Å². The second kappa shape index (κ2) is 9.94. The van der Waals surface area contributed by atoms with Crippen LogP contribution in [0.2, 0.25) is 5.02 Å². The van der Waals surface area contributed by atoms with Gasteiger partial charge in [-0.2, -0.15) is 0 Å². The molecule has 1 aromatic carbocycles. The van der Waals surface area contributed by atoms with Crippen molar-refractivity contribution in [3.63, 3.8) is 0 Å². The van der Waals surface area contributed by atoms with E-state index >= 15 is 0 Å². The van der Waals surface area contributed by atoms with Crippen LogP contribution >= 0.6 is 11.6 Å². The van der Waals surface area contributed by atoms with E-state index in [2.05, 4.69) is 27.1 Å². The van der Waals surface area contributed by atoms with Gasteiger partial charge in [-0.3, -0.25) is 9.88 Å². The van der Waals surface area contributed by atoms with Crippen molar-refractivity contribution in [1.29, 1.82) is 0 Å². The van der Waals surface area contributed by atoms with Crippen LogP contribution in [-0.4, -0.2) is 39.1 Å². The van der Waals surface area contributed by atoms with Gasteiger partial charge in [0.2, 0.25) is 0 Å². The number of piperidine rings is 1. The molecule has 2 aromatic heterocycles. The van der Waals surface area contributed by atoms with Gasteiger partial charge in [0.05, 0.1) is 16.9 Å². The van der Waals surface area contributed by atoms with E-state index in [1.807, 2.05) is 37.3 Å². The summed E-state index contributed by atoms with van der Waals surface area (Å²) in [5.41, 5.74) is 3.29. The Morgan fingerprint density at radius 2 is 2.03 bits per heavy atom. The summed E-state index contributed by atoms with van der Waals surface area (Å²) in [5.74, 6) is 0.776. The zero-order valence-electron chi connectivity index (χ0n) is 18.3. The number of anilines is 1. The van der Waals surface area contributed by atoms with E-state index in [1.165, 1.54) is 12.3 Å². The van der Waals surface area contributed by atoms with Crippen molar-refractivity contribution in [2.24, 2.45) is 5.92 Å². The van der Waals surface area contributed by atoms with Crippen LogP contribution in [0.1, 0.15) is 37.1 Å². The lowest BCUT2D eigenvalue weighted by Crippen LogP contribution is -2.49. The fourth-order valence-corrected chi connectivity index (χ4v) is 4.55. The molecular formula is C25H28ClFN4O. The fraction of sp³-hybridized carbons (Fsp3) is 0.360. The average Bonchev–Trinajstić information content (AvgIpc) is 2.79. The molecular weight excluding hydrogens is 427 g/mol. The third-order valence-electron chi connectivity index (χ3n) is 6.18. The summed E-state index contributed by atoms with van der Waals surface area (Å²) in [6.45, 7) is 5.67. The number of aromatic nitrogens is 2. The maximum Gasteiger partial charge on any atom is 0.141 e. The van der Waals surface area contributed by atoms with Crippen LogP contribution in [0, 0.1) is 18.7 Å². The van der Waals surface area contributed by atoms with Gasteiger partial charge in [-0.15, -0.1) is 0 Å². The first-order chi connectivity index (χ1) is 15.4. The van der Waals surface area contributed by atoms with Crippen LogP contribution in [0.5, 0.6) is 0 Å². The number of hydrogen-bond donors (Lipinski definition) is 2. The topological polar surface area (TPSA) is 61.3 Å². The first-order valence-electron chi connectivity index (χ1n) is 10.9. The quantitative estimate of drug-likeness (QED) is 0.518. The highest BCUT2D eigenvalue weighted by Crippen LogP contribution is 2.35. The van der Waals surface area contributed by atoms with E-state index in [0.717, 1.165) is 41.9 Å². The first kappa shape index (κ1) is 22.6. The summed E-state index contributed by atoms with van der Waals surface area (Å²) in [6, 6.07) is 12.8. The predicted molar refractivity (Wildman–Crippen MR) is 126 cm³/mol. The molecule has 7 heteroatoms. The van der Waals surface area contributed by atoms with Gasteiger partial charge in [-0.25, -0.2) is 9.37 Å². The van der Waals surface area contributed by atoms with Gasteiger partial charge >= 0.3 is 0 Å². The highest BCUT2D eigenvalue weighted by atomic mass is 35.5. The van der Waals surface area contributed by atoms with Gasteiger partial charge in [0, 0.05) is 36.5 Å². The number of pyridine rings is 2. The Morgan fingerprint density at radius 3 is 2.75 bits per heavy atom. The van der Waals surface area contributed by atoms with Crippen molar-refractivity contribution in [2.45, 2.75) is 39.0 Å². The number of likely N-dealkylation sites (tertiary alicyclic amines) is 1. The largest absolute Gasteiger partial charge is 0.374 e. The van der Waals surface area contributed by atoms with Gasteiger partial charge < -0.3 is 10.4 Å². The zero-order chi connectivity index (χ0) is 22.7. The molecule has 2 N–H and O–H groups in total. The molecule has 0 bridgehead atoms. The number of nitrogens with zero attached hydrogens (tertiary/aromatic N) is 3. The molecule has 3 heterocycles. The molecule has 5 nitrogen and oxygen atoms in total. The summed E-state index contributed by atoms with van der Waals surface area (Å²) < 4.78 is 13.4. The van der Waals surface area contributed by atoms with Crippen LogP contribution in [0.25, 0.3) is 11.3 Å². The SMILES string of the molecule is Cc1ccc(-c2ccc(F)cn2)c(C(O)N2CCC[C@@H](C)[C@H]2CNc2ccc(Cl)cn2)c1. The molecule has 32 heavy (non-hydrogen) atoms. The molecule has 0 aliphatic carbocycles. The maximum atomic E-state index is 13.4. The average molecular weight is 455 g/mol. The van der Waals surface area contributed by atoms with Crippen LogP contribution in [0.4, 0.5) is 10.2 Å².